The number of hydrogen-bond acceptors (Lipinski definition) is 9. The number of fused-ring (bicyclic) bond motifs is 5. The molecule has 0 radical (unpaired) electrons. The van der Waals surface area contributed by atoms with Crippen molar-refractivity contribution in [3.05, 3.63) is 70.3 Å². The van der Waals surface area contributed by atoms with Crippen molar-refractivity contribution in [3.8, 4) is 5.75 Å². The average Bonchev–Trinajstić information content (AvgIpc) is 3.31. The number of aliphatic hydroxyl groups is 1. The molecule has 2 aromatic rings. The largest absolute Gasteiger partial charge is 0.490 e. The Hall–Kier alpha value is -2.67. The zero-order chi connectivity index (χ0) is 38.4. The molecular formula is C43H59ClN4O6S. The number of hydrogen-bond donors (Lipinski definition) is 2. The lowest BCUT2D eigenvalue weighted by molar-refractivity contribution is -0.100. The molecule has 12 heteroatoms. The van der Waals surface area contributed by atoms with Crippen LogP contribution in [0.1, 0.15) is 86.2 Å². The summed E-state index contributed by atoms with van der Waals surface area (Å²) in [6.45, 7) is 8.66. The van der Waals surface area contributed by atoms with E-state index in [-0.39, 0.29) is 35.8 Å². The van der Waals surface area contributed by atoms with E-state index in [4.69, 9.17) is 21.1 Å². The fourth-order valence-electron chi connectivity index (χ4n) is 11.0. The molecule has 2 aliphatic carbocycles. The first-order chi connectivity index (χ1) is 26.5. The molecule has 2 aromatic carbocycles. The van der Waals surface area contributed by atoms with E-state index in [1.165, 1.54) is 36.9 Å². The smallest absolute Gasteiger partial charge is 0.264 e. The Kier molecular flexibility index (Phi) is 11.3. The summed E-state index contributed by atoms with van der Waals surface area (Å²) in [5, 5.41) is 9.78. The first kappa shape index (κ1) is 39.2. The molecule has 2 N–H and O–H groups in total. The number of nitrogens with one attached hydrogen (secondary N) is 1. The number of ether oxygens (including phenoxy) is 2. The number of anilines is 1. The van der Waals surface area contributed by atoms with E-state index >= 15 is 0 Å². The van der Waals surface area contributed by atoms with E-state index in [1.807, 2.05) is 32.2 Å². The lowest BCUT2D eigenvalue weighted by Crippen LogP contribution is -2.61. The molecule has 2 saturated heterocycles. The van der Waals surface area contributed by atoms with Crippen LogP contribution < -0.4 is 14.4 Å². The summed E-state index contributed by atoms with van der Waals surface area (Å²) in [4.78, 5) is 21.5. The summed E-state index contributed by atoms with van der Waals surface area (Å²) >= 11 is 6.52. The number of amides is 1. The highest BCUT2D eigenvalue weighted by Gasteiger charge is 2.50. The number of benzene rings is 2. The molecule has 0 unspecified atom stereocenters. The van der Waals surface area contributed by atoms with Gasteiger partial charge in [0, 0.05) is 75.0 Å². The van der Waals surface area contributed by atoms with Crippen LogP contribution in [0.2, 0.25) is 5.02 Å². The Balaban J connectivity index is 1.20. The molecule has 4 heterocycles. The topological polar surface area (TPSA) is 112 Å². The van der Waals surface area contributed by atoms with E-state index < -0.39 is 26.8 Å². The number of carbonyl (C=O) groups is 1. The monoisotopic (exact) mass is 794 g/mol. The normalized spacial score (nSPS) is 34.6. The molecule has 1 amide bonds. The van der Waals surface area contributed by atoms with Crippen LogP contribution in [0.3, 0.4) is 0 Å². The second-order valence-electron chi connectivity index (χ2n) is 17.5. The lowest BCUT2D eigenvalue weighted by Gasteiger charge is -2.53. The van der Waals surface area contributed by atoms with Crippen molar-refractivity contribution in [1.82, 2.24) is 14.5 Å². The molecule has 55 heavy (non-hydrogen) atoms. The highest BCUT2D eigenvalue weighted by atomic mass is 35.5. The van der Waals surface area contributed by atoms with E-state index in [9.17, 15) is 18.3 Å². The Morgan fingerprint density at radius 2 is 1.93 bits per heavy atom. The SMILES string of the molecule is CO[C@]1(CN2CCN3CCCC[C@@H]3C2)/C=C\C[C@H](C)[C@@H](CCO)S(=O)(=O)NC(=O)c2ccc3c(c2)N(C[C@@H]2CC[C@H]21)C[C@@]1(CCCc2cc(Cl)ccc21)CO3. The highest BCUT2D eigenvalue weighted by molar-refractivity contribution is 7.90. The zero-order valence-corrected chi connectivity index (χ0v) is 34.1. The minimum Gasteiger partial charge on any atom is -0.490 e. The summed E-state index contributed by atoms with van der Waals surface area (Å²) < 4.78 is 43.7. The maximum absolute atomic E-state index is 13.9. The Morgan fingerprint density at radius 1 is 1.05 bits per heavy atom. The highest BCUT2D eigenvalue weighted by Crippen LogP contribution is 2.49. The van der Waals surface area contributed by atoms with Gasteiger partial charge in [0.2, 0.25) is 10.0 Å². The van der Waals surface area contributed by atoms with Gasteiger partial charge in [-0.3, -0.25) is 14.6 Å². The predicted molar refractivity (Wildman–Crippen MR) is 217 cm³/mol. The van der Waals surface area contributed by atoms with E-state index in [0.717, 1.165) is 75.5 Å². The van der Waals surface area contributed by atoms with Gasteiger partial charge in [-0.25, -0.2) is 13.1 Å². The third kappa shape index (κ3) is 7.70. The number of rotatable bonds is 5. The molecular weight excluding hydrogens is 736 g/mol. The Morgan fingerprint density at radius 3 is 2.73 bits per heavy atom. The van der Waals surface area contributed by atoms with Crippen LogP contribution in [0.5, 0.6) is 5.75 Å². The van der Waals surface area contributed by atoms with Gasteiger partial charge in [-0.05, 0) is 124 Å². The molecule has 3 fully saturated rings. The van der Waals surface area contributed by atoms with Crippen LogP contribution in [0.15, 0.2) is 48.6 Å². The number of piperidine rings is 1. The van der Waals surface area contributed by atoms with Crippen LogP contribution in [-0.4, -0.2) is 112 Å². The van der Waals surface area contributed by atoms with E-state index in [1.54, 1.807) is 6.07 Å². The summed E-state index contributed by atoms with van der Waals surface area (Å²) in [6.07, 6.45) is 13.8. The van der Waals surface area contributed by atoms with Crippen molar-refractivity contribution in [3.63, 3.8) is 0 Å². The van der Waals surface area contributed by atoms with Crippen molar-refractivity contribution >= 4 is 33.2 Å². The van der Waals surface area contributed by atoms with Crippen LogP contribution >= 0.6 is 11.6 Å². The molecule has 0 aromatic heterocycles. The summed E-state index contributed by atoms with van der Waals surface area (Å²) in [6, 6.07) is 12.2. The first-order valence-electron chi connectivity index (χ1n) is 20.7. The van der Waals surface area contributed by atoms with Gasteiger partial charge in [0.25, 0.3) is 5.91 Å². The predicted octanol–water partition coefficient (Wildman–Crippen LogP) is 5.80. The summed E-state index contributed by atoms with van der Waals surface area (Å²) in [5.74, 6) is 0.243. The van der Waals surface area contributed by atoms with E-state index in [2.05, 4.69) is 43.7 Å². The van der Waals surface area contributed by atoms with Gasteiger partial charge < -0.3 is 19.5 Å². The summed E-state index contributed by atoms with van der Waals surface area (Å²) in [5.41, 5.74) is 2.78. The van der Waals surface area contributed by atoms with Gasteiger partial charge in [-0.1, -0.05) is 43.2 Å². The average molecular weight is 795 g/mol. The van der Waals surface area contributed by atoms with Crippen LogP contribution in [0.25, 0.3) is 0 Å². The standard InChI is InChI=1S/C43H59ClN4O6S/c1-30-7-5-18-43(53-2,28-46-20-21-47-19-4-3-9-35(47)26-46)37-13-10-33(37)25-48-27-42(17-6-8-31-23-34(44)12-14-36(31)42)29-54-39-15-11-32(24-38(39)48)41(50)45-55(51,52)40(30)16-22-49/h5,11-12,14-15,18,23-24,30,33,35,37,40,49H,3-4,6-10,13,16-17,19-22,25-29H2,1-2H3,(H,45,50)/b18-5-/t30-,33-,35+,37+,40+,42-,43-/m0/s1. The zero-order valence-electron chi connectivity index (χ0n) is 32.6. The van der Waals surface area contributed by atoms with E-state index in [0.29, 0.717) is 37.3 Å². The van der Waals surface area contributed by atoms with Crippen LogP contribution in [0, 0.1) is 17.8 Å². The second kappa shape index (κ2) is 15.9. The molecule has 7 atom stereocenters. The number of allylic oxidation sites excluding steroid dienone is 1. The first-order valence-corrected chi connectivity index (χ1v) is 22.6. The van der Waals surface area contributed by atoms with Crippen molar-refractivity contribution in [2.24, 2.45) is 17.8 Å². The fourth-order valence-corrected chi connectivity index (χ4v) is 12.9. The van der Waals surface area contributed by atoms with Gasteiger partial charge in [-0.2, -0.15) is 0 Å². The fraction of sp³-hybridized carbons (Fsp3) is 0.651. The number of methoxy groups -OCH3 is 1. The van der Waals surface area contributed by atoms with Crippen molar-refractivity contribution in [2.45, 2.75) is 93.4 Å². The third-order valence-corrected chi connectivity index (χ3v) is 16.4. The number of sulfonamides is 1. The van der Waals surface area contributed by atoms with Gasteiger partial charge in [0.15, 0.2) is 0 Å². The lowest BCUT2D eigenvalue weighted by atomic mass is 9.63. The molecule has 6 aliphatic rings. The minimum absolute atomic E-state index is 0.0317. The number of nitrogens with zero attached hydrogens (tertiary/aromatic N) is 3. The number of piperazine rings is 1. The van der Waals surface area contributed by atoms with Gasteiger partial charge in [0.1, 0.15) is 11.4 Å². The molecule has 300 valence electrons. The number of halogens is 1. The quantitative estimate of drug-likeness (QED) is 0.363. The maximum Gasteiger partial charge on any atom is 0.264 e. The van der Waals surface area contributed by atoms with Crippen LogP contribution in [-0.2, 0) is 26.6 Å². The number of carbonyl (C=O) groups excluding carboxylic acids is 1. The Bertz CT molecular complexity index is 1880. The molecule has 1 spiro atoms. The van der Waals surface area contributed by atoms with Crippen molar-refractivity contribution < 1.29 is 27.8 Å². The minimum atomic E-state index is -4.13. The maximum atomic E-state index is 13.9. The van der Waals surface area contributed by atoms with Crippen LogP contribution in [0.4, 0.5) is 5.69 Å². The molecule has 8 rings (SSSR count). The number of aryl methyl sites for hydroxylation is 1. The third-order valence-electron chi connectivity index (χ3n) is 14.2. The van der Waals surface area contributed by atoms with Gasteiger partial charge in [-0.15, -0.1) is 0 Å². The van der Waals surface area contributed by atoms with Crippen molar-refractivity contribution in [2.75, 3.05) is 71.0 Å². The van der Waals surface area contributed by atoms with Gasteiger partial charge >= 0.3 is 0 Å². The second-order valence-corrected chi connectivity index (χ2v) is 19.8. The Labute approximate surface area is 332 Å². The molecule has 2 bridgehead atoms. The molecule has 4 aliphatic heterocycles. The summed E-state index contributed by atoms with van der Waals surface area (Å²) in [7, 11) is -2.28. The number of aliphatic hydroxyl groups excluding tert-OH is 1. The van der Waals surface area contributed by atoms with Gasteiger partial charge in [0.05, 0.1) is 17.5 Å². The molecule has 1 saturated carbocycles. The molecule has 10 nitrogen and oxygen atoms in total. The van der Waals surface area contributed by atoms with Crippen molar-refractivity contribution in [1.29, 1.82) is 0 Å².